The second kappa shape index (κ2) is 7.81. The molecule has 4 heteroatoms. The molecule has 2 aromatic rings. The van der Waals surface area contributed by atoms with Crippen LogP contribution in [-0.2, 0) is 0 Å². The normalized spacial score (nSPS) is 11.3. The molecule has 0 atom stereocenters. The zero-order chi connectivity index (χ0) is 15.2. The number of aliphatic hydroxyl groups excluding tert-OH is 1. The summed E-state index contributed by atoms with van der Waals surface area (Å²) in [6, 6.07) is 15.8. The van der Waals surface area contributed by atoms with Crippen molar-refractivity contribution in [3.8, 4) is 0 Å². The van der Waals surface area contributed by atoms with E-state index in [-0.39, 0.29) is 12.5 Å². The number of hydrogen-bond acceptors (Lipinski definition) is 2. The smallest absolute Gasteiger partial charge is 0.0558 e. The minimum absolute atomic E-state index is 0.157. The summed E-state index contributed by atoms with van der Waals surface area (Å²) >= 11 is 12.0. The lowest BCUT2D eigenvalue weighted by molar-refractivity contribution is 0.218. The SMILES string of the molecule is CN(CCO)CC(c1ccc(Cl)cc1)c1ccc(Cl)cc1. The molecule has 1 N–H and O–H groups in total. The number of likely N-dealkylation sites (N-methyl/N-ethyl adjacent to an activating group) is 1. The number of aliphatic hydroxyl groups is 1. The fourth-order valence-electron chi connectivity index (χ4n) is 2.37. The zero-order valence-electron chi connectivity index (χ0n) is 12.0. The maximum absolute atomic E-state index is 9.09. The van der Waals surface area contributed by atoms with Crippen LogP contribution >= 0.6 is 23.2 Å². The lowest BCUT2D eigenvalue weighted by Crippen LogP contribution is -2.28. The number of rotatable bonds is 6. The summed E-state index contributed by atoms with van der Waals surface area (Å²) in [4.78, 5) is 2.12. The molecule has 0 saturated heterocycles. The van der Waals surface area contributed by atoms with Crippen molar-refractivity contribution >= 4 is 23.2 Å². The Kier molecular flexibility index (Phi) is 6.07. The van der Waals surface area contributed by atoms with Gasteiger partial charge in [-0.1, -0.05) is 47.5 Å². The molecule has 0 aromatic heterocycles. The molecule has 0 fully saturated rings. The van der Waals surface area contributed by atoms with Gasteiger partial charge in [0, 0.05) is 29.1 Å². The van der Waals surface area contributed by atoms with Gasteiger partial charge in [-0.25, -0.2) is 0 Å². The molecule has 0 heterocycles. The summed E-state index contributed by atoms with van der Waals surface area (Å²) in [6.07, 6.45) is 0. The number of nitrogens with zero attached hydrogens (tertiary/aromatic N) is 1. The molecule has 0 aliphatic heterocycles. The van der Waals surface area contributed by atoms with Crippen molar-refractivity contribution in [2.75, 3.05) is 26.7 Å². The van der Waals surface area contributed by atoms with Gasteiger partial charge in [0.05, 0.1) is 6.61 Å². The lowest BCUT2D eigenvalue weighted by atomic mass is 9.91. The largest absolute Gasteiger partial charge is 0.395 e. The quantitative estimate of drug-likeness (QED) is 0.866. The average Bonchev–Trinajstić information content (AvgIpc) is 2.47. The molecular weight excluding hydrogens is 305 g/mol. The highest BCUT2D eigenvalue weighted by Crippen LogP contribution is 2.27. The molecule has 0 aliphatic carbocycles. The van der Waals surface area contributed by atoms with Crippen molar-refractivity contribution in [3.63, 3.8) is 0 Å². The van der Waals surface area contributed by atoms with Crippen LogP contribution in [0.25, 0.3) is 0 Å². The van der Waals surface area contributed by atoms with Gasteiger partial charge >= 0.3 is 0 Å². The van der Waals surface area contributed by atoms with Gasteiger partial charge in [0.25, 0.3) is 0 Å². The van der Waals surface area contributed by atoms with Crippen LogP contribution in [0.2, 0.25) is 10.0 Å². The molecule has 0 saturated carbocycles. The van der Waals surface area contributed by atoms with Gasteiger partial charge in [0.15, 0.2) is 0 Å². The third-order valence-electron chi connectivity index (χ3n) is 3.52. The van der Waals surface area contributed by atoms with Gasteiger partial charge in [-0.15, -0.1) is 0 Å². The van der Waals surface area contributed by atoms with Gasteiger partial charge in [-0.3, -0.25) is 0 Å². The molecule has 0 aliphatic rings. The Morgan fingerprint density at radius 2 is 1.33 bits per heavy atom. The molecule has 2 aromatic carbocycles. The first-order valence-electron chi connectivity index (χ1n) is 6.90. The number of halogens is 2. The standard InChI is InChI=1S/C17H19Cl2NO/c1-20(10-11-21)12-17(13-2-6-15(18)7-3-13)14-4-8-16(19)9-5-14/h2-9,17,21H,10-12H2,1H3. The molecule has 0 spiro atoms. The van der Waals surface area contributed by atoms with E-state index in [1.165, 1.54) is 11.1 Å². The van der Waals surface area contributed by atoms with Gasteiger partial charge in [-0.05, 0) is 42.4 Å². The lowest BCUT2D eigenvalue weighted by Gasteiger charge is -2.24. The van der Waals surface area contributed by atoms with E-state index in [9.17, 15) is 0 Å². The second-order valence-corrected chi connectivity index (χ2v) is 6.01. The van der Waals surface area contributed by atoms with E-state index in [1.54, 1.807) is 0 Å². The molecule has 0 bridgehead atoms. The monoisotopic (exact) mass is 323 g/mol. The molecule has 0 amide bonds. The van der Waals surface area contributed by atoms with E-state index in [0.717, 1.165) is 16.6 Å². The topological polar surface area (TPSA) is 23.5 Å². The maximum Gasteiger partial charge on any atom is 0.0558 e. The first kappa shape index (κ1) is 16.3. The Labute approximate surface area is 135 Å². The Balaban J connectivity index is 2.29. The van der Waals surface area contributed by atoms with Crippen molar-refractivity contribution in [2.45, 2.75) is 5.92 Å². The fourth-order valence-corrected chi connectivity index (χ4v) is 2.62. The van der Waals surface area contributed by atoms with Crippen molar-refractivity contribution < 1.29 is 5.11 Å². The summed E-state index contributed by atoms with van der Waals surface area (Å²) < 4.78 is 0. The van der Waals surface area contributed by atoms with E-state index in [2.05, 4.69) is 4.90 Å². The Morgan fingerprint density at radius 3 is 1.71 bits per heavy atom. The van der Waals surface area contributed by atoms with Gasteiger partial charge in [-0.2, -0.15) is 0 Å². The van der Waals surface area contributed by atoms with E-state index in [1.807, 2.05) is 55.6 Å². The highest BCUT2D eigenvalue weighted by Gasteiger charge is 2.16. The van der Waals surface area contributed by atoms with Crippen LogP contribution in [0.3, 0.4) is 0 Å². The number of benzene rings is 2. The minimum Gasteiger partial charge on any atom is -0.395 e. The third-order valence-corrected chi connectivity index (χ3v) is 4.02. The average molecular weight is 324 g/mol. The van der Waals surface area contributed by atoms with Crippen molar-refractivity contribution in [1.29, 1.82) is 0 Å². The summed E-state index contributed by atoms with van der Waals surface area (Å²) in [5.74, 6) is 0.219. The molecular formula is C17H19Cl2NO. The van der Waals surface area contributed by atoms with Gasteiger partial charge < -0.3 is 10.0 Å². The molecule has 2 rings (SSSR count). The molecule has 112 valence electrons. The zero-order valence-corrected chi connectivity index (χ0v) is 13.5. The molecule has 0 unspecified atom stereocenters. The first-order valence-corrected chi connectivity index (χ1v) is 7.66. The predicted molar refractivity (Wildman–Crippen MR) is 89.3 cm³/mol. The summed E-state index contributed by atoms with van der Waals surface area (Å²) in [5.41, 5.74) is 2.40. The van der Waals surface area contributed by atoms with Crippen LogP contribution < -0.4 is 0 Å². The highest BCUT2D eigenvalue weighted by atomic mass is 35.5. The Morgan fingerprint density at radius 1 is 0.905 bits per heavy atom. The number of hydrogen-bond donors (Lipinski definition) is 1. The van der Waals surface area contributed by atoms with E-state index >= 15 is 0 Å². The van der Waals surface area contributed by atoms with Gasteiger partial charge in [0.2, 0.25) is 0 Å². The van der Waals surface area contributed by atoms with Crippen LogP contribution in [0.1, 0.15) is 17.0 Å². The Hall–Kier alpha value is -1.06. The highest BCUT2D eigenvalue weighted by molar-refractivity contribution is 6.30. The van der Waals surface area contributed by atoms with Crippen LogP contribution in [-0.4, -0.2) is 36.8 Å². The van der Waals surface area contributed by atoms with Crippen LogP contribution in [0.5, 0.6) is 0 Å². The Bertz CT molecular complexity index is 509. The molecule has 0 radical (unpaired) electrons. The minimum atomic E-state index is 0.157. The molecule has 2 nitrogen and oxygen atoms in total. The van der Waals surface area contributed by atoms with Crippen molar-refractivity contribution in [1.82, 2.24) is 4.90 Å². The summed E-state index contributed by atoms with van der Waals surface area (Å²) in [6.45, 7) is 1.63. The van der Waals surface area contributed by atoms with E-state index in [4.69, 9.17) is 28.3 Å². The van der Waals surface area contributed by atoms with Crippen LogP contribution in [0, 0.1) is 0 Å². The molecule has 21 heavy (non-hydrogen) atoms. The second-order valence-electron chi connectivity index (χ2n) is 5.14. The van der Waals surface area contributed by atoms with E-state index < -0.39 is 0 Å². The third kappa shape index (κ3) is 4.72. The predicted octanol–water partition coefficient (Wildman–Crippen LogP) is 4.05. The fraction of sp³-hybridized carbons (Fsp3) is 0.294. The van der Waals surface area contributed by atoms with Gasteiger partial charge in [0.1, 0.15) is 0 Å². The van der Waals surface area contributed by atoms with E-state index in [0.29, 0.717) is 6.54 Å². The van der Waals surface area contributed by atoms with Crippen molar-refractivity contribution in [3.05, 3.63) is 69.7 Å². The first-order chi connectivity index (χ1) is 10.1. The van der Waals surface area contributed by atoms with Crippen LogP contribution in [0.4, 0.5) is 0 Å². The summed E-state index contributed by atoms with van der Waals surface area (Å²) in [7, 11) is 2.01. The van der Waals surface area contributed by atoms with Crippen molar-refractivity contribution in [2.24, 2.45) is 0 Å². The maximum atomic E-state index is 9.09. The van der Waals surface area contributed by atoms with Crippen LogP contribution in [0.15, 0.2) is 48.5 Å². The summed E-state index contributed by atoms with van der Waals surface area (Å²) in [5, 5.41) is 10.6.